The Morgan fingerprint density at radius 2 is 1.73 bits per heavy atom. The minimum atomic E-state index is 0.715. The Balaban J connectivity index is 1.38. The van der Waals surface area contributed by atoms with Gasteiger partial charge in [0.15, 0.2) is 0 Å². The van der Waals surface area contributed by atoms with Crippen molar-refractivity contribution in [2.24, 2.45) is 0 Å². The summed E-state index contributed by atoms with van der Waals surface area (Å²) in [5.41, 5.74) is 2.77. The first-order valence-electron chi connectivity index (χ1n) is 7.90. The molecule has 22 heavy (non-hydrogen) atoms. The second-order valence-corrected chi connectivity index (χ2v) is 7.21. The zero-order chi connectivity index (χ0) is 14.9. The summed E-state index contributed by atoms with van der Waals surface area (Å²) in [6, 6.07) is 14.3. The van der Waals surface area contributed by atoms with Gasteiger partial charge in [0.05, 0.1) is 0 Å². The third kappa shape index (κ3) is 2.83. The molecule has 3 nitrogen and oxygen atoms in total. The fraction of sp³-hybridized carbons (Fsp3) is 0.389. The van der Waals surface area contributed by atoms with E-state index in [0.29, 0.717) is 12.1 Å². The quantitative estimate of drug-likeness (QED) is 0.836. The van der Waals surface area contributed by atoms with Crippen molar-refractivity contribution in [1.82, 2.24) is 14.8 Å². The molecule has 3 fully saturated rings. The summed E-state index contributed by atoms with van der Waals surface area (Å²) in [4.78, 5) is 9.36. The summed E-state index contributed by atoms with van der Waals surface area (Å²) in [7, 11) is 0. The van der Waals surface area contributed by atoms with Crippen LogP contribution >= 0.6 is 15.9 Å². The van der Waals surface area contributed by atoms with E-state index in [1.807, 2.05) is 12.4 Å². The summed E-state index contributed by atoms with van der Waals surface area (Å²) in [6.07, 6.45) is 5.13. The monoisotopic (exact) mass is 357 g/mol. The van der Waals surface area contributed by atoms with Gasteiger partial charge >= 0.3 is 0 Å². The summed E-state index contributed by atoms with van der Waals surface area (Å²) in [5, 5.41) is 0. The predicted molar refractivity (Wildman–Crippen MR) is 91.4 cm³/mol. The maximum Gasteiger partial charge on any atom is 0.0271 e. The van der Waals surface area contributed by atoms with Crippen molar-refractivity contribution in [2.45, 2.75) is 31.6 Å². The van der Waals surface area contributed by atoms with Crippen molar-refractivity contribution in [3.8, 4) is 0 Å². The van der Waals surface area contributed by atoms with Crippen molar-refractivity contribution >= 4 is 15.9 Å². The molecule has 0 saturated carbocycles. The molecule has 2 aromatic rings. The van der Waals surface area contributed by atoms with Gasteiger partial charge in [-0.3, -0.25) is 14.8 Å². The average Bonchev–Trinajstić information content (AvgIpc) is 2.55. The van der Waals surface area contributed by atoms with Crippen molar-refractivity contribution in [1.29, 1.82) is 0 Å². The van der Waals surface area contributed by atoms with Crippen LogP contribution in [-0.2, 0) is 13.1 Å². The van der Waals surface area contributed by atoms with Crippen LogP contribution in [0.15, 0.2) is 53.3 Å². The summed E-state index contributed by atoms with van der Waals surface area (Å²) >= 11 is 3.67. The highest BCUT2D eigenvalue weighted by Crippen LogP contribution is 2.35. The van der Waals surface area contributed by atoms with E-state index in [1.165, 1.54) is 35.1 Å². The van der Waals surface area contributed by atoms with Crippen molar-refractivity contribution in [3.63, 3.8) is 0 Å². The molecule has 3 aliphatic rings. The van der Waals surface area contributed by atoms with Gasteiger partial charge in [0.1, 0.15) is 0 Å². The molecule has 0 radical (unpaired) electrons. The molecule has 2 bridgehead atoms. The molecular weight excluding hydrogens is 338 g/mol. The van der Waals surface area contributed by atoms with E-state index in [4.69, 9.17) is 0 Å². The molecule has 0 N–H and O–H groups in total. The lowest BCUT2D eigenvalue weighted by Crippen LogP contribution is -2.67. The van der Waals surface area contributed by atoms with Crippen LogP contribution in [-0.4, -0.2) is 40.0 Å². The van der Waals surface area contributed by atoms with Gasteiger partial charge in [-0.15, -0.1) is 0 Å². The van der Waals surface area contributed by atoms with Crippen LogP contribution in [0.1, 0.15) is 17.5 Å². The Morgan fingerprint density at radius 3 is 2.45 bits per heavy atom. The maximum atomic E-state index is 4.10. The number of fused-ring (bicyclic) bond motifs is 2. The summed E-state index contributed by atoms with van der Waals surface area (Å²) in [6.45, 7) is 4.49. The van der Waals surface area contributed by atoms with Gasteiger partial charge in [0, 0.05) is 55.1 Å². The van der Waals surface area contributed by atoms with Crippen LogP contribution in [0.25, 0.3) is 0 Å². The number of hydrogen-bond acceptors (Lipinski definition) is 3. The average molecular weight is 358 g/mol. The van der Waals surface area contributed by atoms with Gasteiger partial charge in [0.25, 0.3) is 0 Å². The van der Waals surface area contributed by atoms with Crippen molar-refractivity contribution < 1.29 is 0 Å². The molecule has 2 atom stereocenters. The first kappa shape index (κ1) is 14.4. The fourth-order valence-corrected chi connectivity index (χ4v) is 4.14. The molecule has 114 valence electrons. The van der Waals surface area contributed by atoms with E-state index in [-0.39, 0.29) is 0 Å². The Morgan fingerprint density at radius 1 is 1.00 bits per heavy atom. The van der Waals surface area contributed by atoms with Gasteiger partial charge in [-0.25, -0.2) is 0 Å². The number of pyridine rings is 1. The molecular formula is C18H20BrN3. The summed E-state index contributed by atoms with van der Waals surface area (Å²) < 4.78 is 1.23. The number of piperidine rings is 1. The van der Waals surface area contributed by atoms with Crippen LogP contribution in [0, 0.1) is 0 Å². The lowest BCUT2D eigenvalue weighted by atomic mass is 9.86. The number of piperazine rings is 1. The standard InChI is InChI=1S/C18H20BrN3/c19-18-4-2-1-3-15(18)11-22-16-9-17(22)13-21(12-16)10-14-5-7-20-8-6-14/h1-8,16-17H,9-13H2. The zero-order valence-corrected chi connectivity index (χ0v) is 14.1. The molecule has 3 saturated heterocycles. The van der Waals surface area contributed by atoms with E-state index in [1.54, 1.807) is 0 Å². The number of nitrogens with zero attached hydrogens (tertiary/aromatic N) is 3. The first-order chi connectivity index (χ1) is 10.8. The second-order valence-electron chi connectivity index (χ2n) is 6.36. The Hall–Kier alpha value is -1.23. The number of aromatic nitrogens is 1. The molecule has 4 heterocycles. The third-order valence-corrected chi connectivity index (χ3v) is 5.66. The van der Waals surface area contributed by atoms with Crippen molar-refractivity contribution in [3.05, 3.63) is 64.4 Å². The van der Waals surface area contributed by atoms with E-state index in [2.05, 4.69) is 67.1 Å². The van der Waals surface area contributed by atoms with Crippen LogP contribution < -0.4 is 0 Å². The normalized spacial score (nSPS) is 25.0. The van der Waals surface area contributed by atoms with Gasteiger partial charge in [-0.2, -0.15) is 0 Å². The number of hydrogen-bond donors (Lipinski definition) is 0. The lowest BCUT2D eigenvalue weighted by Gasteiger charge is -2.56. The van der Waals surface area contributed by atoms with Crippen LogP contribution in [0.3, 0.4) is 0 Å². The molecule has 0 amide bonds. The number of rotatable bonds is 4. The summed E-state index contributed by atoms with van der Waals surface area (Å²) in [5.74, 6) is 0. The van der Waals surface area contributed by atoms with Crippen LogP contribution in [0.2, 0.25) is 0 Å². The minimum absolute atomic E-state index is 0.715. The minimum Gasteiger partial charge on any atom is -0.296 e. The van der Waals surface area contributed by atoms with Gasteiger partial charge in [-0.05, 0) is 35.7 Å². The zero-order valence-electron chi connectivity index (χ0n) is 12.5. The molecule has 1 aromatic carbocycles. The van der Waals surface area contributed by atoms with Crippen molar-refractivity contribution in [2.75, 3.05) is 13.1 Å². The SMILES string of the molecule is Brc1ccccc1CN1C2CC1CN(Cc1ccncc1)C2. The highest BCUT2D eigenvalue weighted by atomic mass is 79.9. The van der Waals surface area contributed by atoms with E-state index >= 15 is 0 Å². The van der Waals surface area contributed by atoms with E-state index in [0.717, 1.165) is 13.1 Å². The largest absolute Gasteiger partial charge is 0.296 e. The first-order valence-corrected chi connectivity index (χ1v) is 8.69. The molecule has 5 rings (SSSR count). The number of benzene rings is 1. The van der Waals surface area contributed by atoms with Gasteiger partial charge in [-0.1, -0.05) is 34.1 Å². The molecule has 2 unspecified atom stereocenters. The van der Waals surface area contributed by atoms with Crippen LogP contribution in [0.4, 0.5) is 0 Å². The van der Waals surface area contributed by atoms with E-state index < -0.39 is 0 Å². The molecule has 1 aromatic heterocycles. The highest BCUT2D eigenvalue weighted by molar-refractivity contribution is 9.10. The smallest absolute Gasteiger partial charge is 0.0271 e. The van der Waals surface area contributed by atoms with Gasteiger partial charge in [0.2, 0.25) is 0 Å². The predicted octanol–water partition coefficient (Wildman–Crippen LogP) is 3.30. The Kier molecular flexibility index (Phi) is 3.99. The second kappa shape index (κ2) is 6.11. The molecule has 0 spiro atoms. The third-order valence-electron chi connectivity index (χ3n) is 4.89. The topological polar surface area (TPSA) is 19.4 Å². The van der Waals surface area contributed by atoms with E-state index in [9.17, 15) is 0 Å². The fourth-order valence-electron chi connectivity index (χ4n) is 3.73. The Bertz CT molecular complexity index is 634. The lowest BCUT2D eigenvalue weighted by molar-refractivity contribution is -0.0775. The molecule has 3 aliphatic heterocycles. The Labute approximate surface area is 140 Å². The number of halogens is 1. The maximum absolute atomic E-state index is 4.10. The molecule has 4 heteroatoms. The molecule has 0 aliphatic carbocycles. The highest BCUT2D eigenvalue weighted by Gasteiger charge is 2.44. The van der Waals surface area contributed by atoms with Crippen LogP contribution in [0.5, 0.6) is 0 Å². The van der Waals surface area contributed by atoms with Gasteiger partial charge < -0.3 is 0 Å².